The second-order valence-corrected chi connectivity index (χ2v) is 6.01. The van der Waals surface area contributed by atoms with Crippen LogP contribution in [0.1, 0.15) is 21.8 Å². The SMILES string of the molecule is COc1cc(/C=C(\C#N)c2nc(C)cs2)cc(Br)c1C. The molecule has 0 spiro atoms. The van der Waals surface area contributed by atoms with E-state index in [1.54, 1.807) is 7.11 Å². The number of aryl methyl sites for hydroxylation is 1. The Balaban J connectivity index is 2.48. The Bertz CT molecular complexity index is 713. The van der Waals surface area contributed by atoms with Gasteiger partial charge in [0, 0.05) is 21.1 Å². The lowest BCUT2D eigenvalue weighted by Gasteiger charge is -2.08. The van der Waals surface area contributed by atoms with Crippen molar-refractivity contribution in [2.24, 2.45) is 0 Å². The highest BCUT2D eigenvalue weighted by Crippen LogP contribution is 2.30. The molecule has 0 amide bonds. The fourth-order valence-corrected chi connectivity index (χ4v) is 2.98. The minimum Gasteiger partial charge on any atom is -0.496 e. The first-order valence-corrected chi connectivity index (χ1v) is 7.61. The highest BCUT2D eigenvalue weighted by molar-refractivity contribution is 9.10. The molecule has 0 aliphatic rings. The summed E-state index contributed by atoms with van der Waals surface area (Å²) >= 11 is 4.98. The predicted molar refractivity (Wildman–Crippen MR) is 85.8 cm³/mol. The number of hydrogen-bond donors (Lipinski definition) is 0. The van der Waals surface area contributed by atoms with Gasteiger partial charge in [0.05, 0.1) is 12.7 Å². The summed E-state index contributed by atoms with van der Waals surface area (Å²) in [6.45, 7) is 3.90. The summed E-state index contributed by atoms with van der Waals surface area (Å²) in [6.07, 6.45) is 1.82. The molecular weight excluding hydrogens is 336 g/mol. The largest absolute Gasteiger partial charge is 0.496 e. The Morgan fingerprint density at radius 2 is 2.20 bits per heavy atom. The van der Waals surface area contributed by atoms with Crippen LogP contribution in [0, 0.1) is 25.2 Å². The van der Waals surface area contributed by atoms with Crippen molar-refractivity contribution < 1.29 is 4.74 Å². The number of nitrogens with zero attached hydrogens (tertiary/aromatic N) is 2. The molecule has 0 saturated heterocycles. The van der Waals surface area contributed by atoms with Crippen LogP contribution in [0.2, 0.25) is 0 Å². The van der Waals surface area contributed by atoms with E-state index in [0.717, 1.165) is 32.1 Å². The van der Waals surface area contributed by atoms with Crippen LogP contribution >= 0.6 is 27.3 Å². The molecule has 2 rings (SSSR count). The summed E-state index contributed by atoms with van der Waals surface area (Å²) in [7, 11) is 1.64. The third-order valence-corrected chi connectivity index (χ3v) is 4.64. The Hall–Kier alpha value is -1.64. The highest BCUT2D eigenvalue weighted by atomic mass is 79.9. The van der Waals surface area contributed by atoms with Crippen LogP contribution in [-0.4, -0.2) is 12.1 Å². The van der Waals surface area contributed by atoms with Gasteiger partial charge in [0.25, 0.3) is 0 Å². The van der Waals surface area contributed by atoms with Gasteiger partial charge in [0.2, 0.25) is 0 Å². The zero-order valence-corrected chi connectivity index (χ0v) is 13.8. The number of aromatic nitrogens is 1. The summed E-state index contributed by atoms with van der Waals surface area (Å²) in [6, 6.07) is 6.09. The summed E-state index contributed by atoms with van der Waals surface area (Å²) < 4.78 is 6.29. The van der Waals surface area contributed by atoms with Gasteiger partial charge >= 0.3 is 0 Å². The van der Waals surface area contributed by atoms with Crippen LogP contribution in [0.3, 0.4) is 0 Å². The second-order valence-electron chi connectivity index (χ2n) is 4.29. The molecule has 0 N–H and O–H groups in total. The fourth-order valence-electron chi connectivity index (χ4n) is 1.76. The van der Waals surface area contributed by atoms with Gasteiger partial charge in [-0.1, -0.05) is 15.9 Å². The van der Waals surface area contributed by atoms with Crippen molar-refractivity contribution in [2.45, 2.75) is 13.8 Å². The lowest BCUT2D eigenvalue weighted by molar-refractivity contribution is 0.411. The number of methoxy groups -OCH3 is 1. The normalized spacial score (nSPS) is 11.2. The van der Waals surface area contributed by atoms with E-state index in [4.69, 9.17) is 4.74 Å². The molecule has 0 aliphatic carbocycles. The topological polar surface area (TPSA) is 45.9 Å². The maximum Gasteiger partial charge on any atom is 0.134 e. The third-order valence-electron chi connectivity index (χ3n) is 2.82. The lowest BCUT2D eigenvalue weighted by atomic mass is 10.1. The van der Waals surface area contributed by atoms with E-state index >= 15 is 0 Å². The van der Waals surface area contributed by atoms with Crippen molar-refractivity contribution in [2.75, 3.05) is 7.11 Å². The summed E-state index contributed by atoms with van der Waals surface area (Å²) in [5.41, 5.74) is 3.42. The van der Waals surface area contributed by atoms with Gasteiger partial charge in [-0.2, -0.15) is 5.26 Å². The number of halogens is 1. The predicted octanol–water partition coefficient (Wildman–Crippen LogP) is 4.60. The Morgan fingerprint density at radius 3 is 2.75 bits per heavy atom. The molecule has 0 aliphatic heterocycles. The molecule has 1 aromatic heterocycles. The maximum atomic E-state index is 9.31. The molecule has 1 heterocycles. The Labute approximate surface area is 130 Å². The van der Waals surface area contributed by atoms with E-state index in [2.05, 4.69) is 27.0 Å². The lowest BCUT2D eigenvalue weighted by Crippen LogP contribution is -1.90. The van der Waals surface area contributed by atoms with Crippen LogP contribution in [0.4, 0.5) is 0 Å². The molecule has 0 radical (unpaired) electrons. The van der Waals surface area contributed by atoms with Crippen molar-refractivity contribution in [3.05, 3.63) is 43.8 Å². The molecule has 0 saturated carbocycles. The molecule has 0 atom stereocenters. The smallest absolute Gasteiger partial charge is 0.134 e. The molecule has 0 bridgehead atoms. The molecule has 20 heavy (non-hydrogen) atoms. The van der Waals surface area contributed by atoms with Crippen molar-refractivity contribution in [1.29, 1.82) is 5.26 Å². The molecule has 3 nitrogen and oxygen atoms in total. The first kappa shape index (κ1) is 14.8. The number of thiazole rings is 1. The van der Waals surface area contributed by atoms with Gasteiger partial charge in [0.15, 0.2) is 0 Å². The molecule has 102 valence electrons. The second kappa shape index (κ2) is 6.21. The fraction of sp³-hybridized carbons (Fsp3) is 0.200. The molecule has 2 aromatic rings. The highest BCUT2D eigenvalue weighted by Gasteiger charge is 2.08. The molecule has 5 heteroatoms. The molecular formula is C15H13BrN2OS. The Kier molecular flexibility index (Phi) is 4.58. The summed E-state index contributed by atoms with van der Waals surface area (Å²) in [5, 5.41) is 12.0. The monoisotopic (exact) mass is 348 g/mol. The van der Waals surface area contributed by atoms with Crippen molar-refractivity contribution in [3.8, 4) is 11.8 Å². The van der Waals surface area contributed by atoms with Gasteiger partial charge in [0.1, 0.15) is 16.8 Å². The number of rotatable bonds is 3. The first-order valence-electron chi connectivity index (χ1n) is 5.93. The minimum absolute atomic E-state index is 0.556. The van der Waals surface area contributed by atoms with Gasteiger partial charge in [-0.05, 0) is 37.6 Å². The van der Waals surface area contributed by atoms with E-state index in [9.17, 15) is 5.26 Å². The van der Waals surface area contributed by atoms with Crippen LogP contribution in [0.25, 0.3) is 11.6 Å². The average Bonchev–Trinajstić information content (AvgIpc) is 2.86. The minimum atomic E-state index is 0.556. The van der Waals surface area contributed by atoms with Gasteiger partial charge in [-0.3, -0.25) is 0 Å². The summed E-state index contributed by atoms with van der Waals surface area (Å²) in [4.78, 5) is 4.35. The standard InChI is InChI=1S/C15H13BrN2OS/c1-9-8-20-15(18-9)12(7-17)4-11-5-13(16)10(2)14(6-11)19-3/h4-6,8H,1-3H3/b12-4+. The van der Waals surface area contributed by atoms with E-state index in [-0.39, 0.29) is 0 Å². The van der Waals surface area contributed by atoms with Gasteiger partial charge in [-0.25, -0.2) is 4.98 Å². The van der Waals surface area contributed by atoms with Crippen LogP contribution in [0.15, 0.2) is 22.0 Å². The number of ether oxygens (including phenoxy) is 1. The first-order chi connectivity index (χ1) is 9.55. The zero-order chi connectivity index (χ0) is 14.7. The number of hydrogen-bond acceptors (Lipinski definition) is 4. The Morgan fingerprint density at radius 1 is 1.45 bits per heavy atom. The summed E-state index contributed by atoms with van der Waals surface area (Å²) in [5.74, 6) is 0.790. The molecule has 0 unspecified atom stereocenters. The zero-order valence-electron chi connectivity index (χ0n) is 11.4. The van der Waals surface area contributed by atoms with Crippen molar-refractivity contribution in [1.82, 2.24) is 4.98 Å². The van der Waals surface area contributed by atoms with Crippen LogP contribution in [-0.2, 0) is 0 Å². The van der Waals surface area contributed by atoms with Crippen LogP contribution < -0.4 is 4.74 Å². The maximum absolute atomic E-state index is 9.31. The van der Waals surface area contributed by atoms with E-state index in [1.165, 1.54) is 11.3 Å². The number of allylic oxidation sites excluding steroid dienone is 1. The van der Waals surface area contributed by atoms with E-state index < -0.39 is 0 Å². The van der Waals surface area contributed by atoms with Crippen molar-refractivity contribution >= 4 is 38.9 Å². The number of nitriles is 1. The quantitative estimate of drug-likeness (QED) is 0.761. The van der Waals surface area contributed by atoms with E-state index in [1.807, 2.05) is 37.4 Å². The molecule has 0 fully saturated rings. The van der Waals surface area contributed by atoms with Gasteiger partial charge in [-0.15, -0.1) is 11.3 Å². The van der Waals surface area contributed by atoms with Gasteiger partial charge < -0.3 is 4.74 Å². The van der Waals surface area contributed by atoms with E-state index in [0.29, 0.717) is 5.57 Å². The number of benzene rings is 1. The molecule has 1 aromatic carbocycles. The third kappa shape index (κ3) is 3.09. The average molecular weight is 349 g/mol. The van der Waals surface area contributed by atoms with Crippen molar-refractivity contribution in [3.63, 3.8) is 0 Å². The van der Waals surface area contributed by atoms with Crippen LogP contribution in [0.5, 0.6) is 5.75 Å².